The van der Waals surface area contributed by atoms with E-state index in [1.54, 1.807) is 59.3 Å². The molecule has 3 rings (SSSR count). The van der Waals surface area contributed by atoms with Gasteiger partial charge < -0.3 is 19.5 Å². The van der Waals surface area contributed by atoms with Gasteiger partial charge in [0.25, 0.3) is 5.91 Å². The summed E-state index contributed by atoms with van der Waals surface area (Å²) < 4.78 is 15.8. The Hall–Kier alpha value is -3.59. The standard InChI is InChI=1S/C24H27N3O5S/c1-24(2,3)32-23(29)25-13-15-6-8-16(9-7-15)21(28)27-22-26-18(14-33-22)17-10-11-19(30-4)20(12-17)31-5/h6-12,14H,13H2,1-5H3,(H,25,29)(H,26,27,28). The van der Waals surface area contributed by atoms with Crippen molar-refractivity contribution < 1.29 is 23.8 Å². The minimum Gasteiger partial charge on any atom is -0.493 e. The van der Waals surface area contributed by atoms with E-state index in [-0.39, 0.29) is 5.91 Å². The van der Waals surface area contributed by atoms with Gasteiger partial charge >= 0.3 is 6.09 Å². The number of nitrogens with zero attached hydrogens (tertiary/aromatic N) is 1. The number of methoxy groups -OCH3 is 2. The van der Waals surface area contributed by atoms with E-state index in [9.17, 15) is 9.59 Å². The largest absolute Gasteiger partial charge is 0.493 e. The van der Waals surface area contributed by atoms with Crippen LogP contribution < -0.4 is 20.1 Å². The molecular formula is C24H27N3O5S. The minimum absolute atomic E-state index is 0.269. The van der Waals surface area contributed by atoms with Gasteiger partial charge in [-0.05, 0) is 56.7 Å². The van der Waals surface area contributed by atoms with Crippen LogP contribution in [0.15, 0.2) is 47.8 Å². The quantitative estimate of drug-likeness (QED) is 0.499. The van der Waals surface area contributed by atoms with E-state index < -0.39 is 11.7 Å². The van der Waals surface area contributed by atoms with Crippen molar-refractivity contribution in [2.45, 2.75) is 32.9 Å². The maximum atomic E-state index is 12.6. The van der Waals surface area contributed by atoms with E-state index in [1.807, 2.05) is 23.6 Å². The second kappa shape index (κ2) is 10.4. The normalized spacial score (nSPS) is 10.9. The summed E-state index contributed by atoms with van der Waals surface area (Å²) in [6.45, 7) is 5.72. The molecule has 0 aliphatic carbocycles. The van der Waals surface area contributed by atoms with Crippen molar-refractivity contribution in [1.82, 2.24) is 10.3 Å². The van der Waals surface area contributed by atoms with Gasteiger partial charge in [0, 0.05) is 23.1 Å². The maximum Gasteiger partial charge on any atom is 0.407 e. The highest BCUT2D eigenvalue weighted by atomic mass is 32.1. The molecule has 1 aromatic heterocycles. The molecule has 0 saturated carbocycles. The van der Waals surface area contributed by atoms with E-state index >= 15 is 0 Å². The Morgan fingerprint density at radius 1 is 1.00 bits per heavy atom. The molecule has 0 bridgehead atoms. The summed E-state index contributed by atoms with van der Waals surface area (Å²) in [5, 5.41) is 7.86. The van der Waals surface area contributed by atoms with E-state index in [2.05, 4.69) is 15.6 Å². The molecule has 3 aromatic rings. The van der Waals surface area contributed by atoms with Crippen molar-refractivity contribution >= 4 is 28.5 Å². The van der Waals surface area contributed by atoms with Crippen molar-refractivity contribution in [2.24, 2.45) is 0 Å². The molecule has 0 saturated heterocycles. The first kappa shape index (κ1) is 24.1. The molecule has 9 heteroatoms. The Labute approximate surface area is 196 Å². The number of ether oxygens (including phenoxy) is 3. The van der Waals surface area contributed by atoms with Crippen molar-refractivity contribution in [2.75, 3.05) is 19.5 Å². The van der Waals surface area contributed by atoms with E-state index in [1.165, 1.54) is 11.3 Å². The number of hydrogen-bond donors (Lipinski definition) is 2. The number of amides is 2. The second-order valence-electron chi connectivity index (χ2n) is 8.11. The average Bonchev–Trinajstić information content (AvgIpc) is 3.24. The number of carbonyl (C=O) groups excluding carboxylic acids is 2. The third-order valence-electron chi connectivity index (χ3n) is 4.46. The zero-order chi connectivity index (χ0) is 24.0. The van der Waals surface area contributed by atoms with Crippen molar-refractivity contribution in [3.8, 4) is 22.8 Å². The average molecular weight is 470 g/mol. The van der Waals surface area contributed by atoms with Crippen LogP contribution in [0.5, 0.6) is 11.5 Å². The molecule has 2 N–H and O–H groups in total. The maximum absolute atomic E-state index is 12.6. The Morgan fingerprint density at radius 3 is 2.33 bits per heavy atom. The second-order valence-corrected chi connectivity index (χ2v) is 8.97. The number of carbonyl (C=O) groups is 2. The molecule has 0 atom stereocenters. The van der Waals surface area contributed by atoms with Crippen LogP contribution in [0.25, 0.3) is 11.3 Å². The lowest BCUT2D eigenvalue weighted by Gasteiger charge is -2.19. The Bertz CT molecular complexity index is 1120. The van der Waals surface area contributed by atoms with Gasteiger partial charge in [0.05, 0.1) is 19.9 Å². The summed E-state index contributed by atoms with van der Waals surface area (Å²) in [5.74, 6) is 0.972. The van der Waals surface area contributed by atoms with Crippen molar-refractivity contribution in [3.63, 3.8) is 0 Å². The molecule has 0 aliphatic rings. The summed E-state index contributed by atoms with van der Waals surface area (Å²) in [5.41, 5.74) is 2.36. The first-order chi connectivity index (χ1) is 15.7. The van der Waals surface area contributed by atoms with Gasteiger partial charge in [-0.3, -0.25) is 10.1 Å². The monoisotopic (exact) mass is 469 g/mol. The Balaban J connectivity index is 1.60. The number of anilines is 1. The van der Waals surface area contributed by atoms with Gasteiger partial charge in [-0.2, -0.15) is 0 Å². The predicted octanol–water partition coefficient (Wildman–Crippen LogP) is 5.10. The fourth-order valence-electron chi connectivity index (χ4n) is 2.89. The zero-order valence-corrected chi connectivity index (χ0v) is 20.0. The molecular weight excluding hydrogens is 442 g/mol. The summed E-state index contributed by atoms with van der Waals surface area (Å²) in [6.07, 6.45) is -0.488. The SMILES string of the molecule is COc1ccc(-c2csc(NC(=O)c3ccc(CNC(=O)OC(C)(C)C)cc3)n2)cc1OC. The van der Waals surface area contributed by atoms with Crippen molar-refractivity contribution in [3.05, 3.63) is 59.0 Å². The van der Waals surface area contributed by atoms with Gasteiger partial charge in [-0.1, -0.05) is 12.1 Å². The molecule has 33 heavy (non-hydrogen) atoms. The summed E-state index contributed by atoms with van der Waals surface area (Å²) in [4.78, 5) is 28.9. The molecule has 0 aliphatic heterocycles. The van der Waals surface area contributed by atoms with Crippen LogP contribution in [-0.2, 0) is 11.3 Å². The van der Waals surface area contributed by atoms with Crippen LogP contribution in [0, 0.1) is 0 Å². The smallest absolute Gasteiger partial charge is 0.407 e. The van der Waals surface area contributed by atoms with E-state index in [4.69, 9.17) is 14.2 Å². The fraction of sp³-hybridized carbons (Fsp3) is 0.292. The summed E-state index contributed by atoms with van der Waals surface area (Å²) >= 11 is 1.33. The number of thiazole rings is 1. The van der Waals surface area contributed by atoms with Crippen LogP contribution in [0.2, 0.25) is 0 Å². The lowest BCUT2D eigenvalue weighted by molar-refractivity contribution is 0.0523. The molecule has 2 amide bonds. The molecule has 0 radical (unpaired) electrons. The summed E-state index contributed by atoms with van der Waals surface area (Å²) in [6, 6.07) is 12.5. The number of aromatic nitrogens is 1. The van der Waals surface area contributed by atoms with E-state index in [0.717, 1.165) is 16.8 Å². The van der Waals surface area contributed by atoms with Gasteiger partial charge in [0.1, 0.15) is 5.60 Å². The third kappa shape index (κ3) is 6.69. The molecule has 0 fully saturated rings. The highest BCUT2D eigenvalue weighted by molar-refractivity contribution is 7.14. The fourth-order valence-corrected chi connectivity index (χ4v) is 3.61. The molecule has 174 valence electrons. The van der Waals surface area contributed by atoms with Crippen molar-refractivity contribution in [1.29, 1.82) is 0 Å². The lowest BCUT2D eigenvalue weighted by Crippen LogP contribution is -2.32. The molecule has 2 aromatic carbocycles. The molecule has 0 unspecified atom stereocenters. The van der Waals surface area contributed by atoms with Gasteiger partial charge in [-0.15, -0.1) is 11.3 Å². The van der Waals surface area contributed by atoms with Crippen LogP contribution in [0.4, 0.5) is 9.93 Å². The number of benzene rings is 2. The number of alkyl carbamates (subject to hydrolysis) is 1. The van der Waals surface area contributed by atoms with Gasteiger partial charge in [0.2, 0.25) is 0 Å². The summed E-state index contributed by atoms with van der Waals surface area (Å²) in [7, 11) is 3.16. The van der Waals surface area contributed by atoms with Gasteiger partial charge in [-0.25, -0.2) is 9.78 Å². The van der Waals surface area contributed by atoms with Crippen LogP contribution in [0.3, 0.4) is 0 Å². The molecule has 0 spiro atoms. The lowest BCUT2D eigenvalue weighted by atomic mass is 10.1. The molecule has 1 heterocycles. The first-order valence-electron chi connectivity index (χ1n) is 10.2. The highest BCUT2D eigenvalue weighted by Crippen LogP contribution is 2.33. The number of nitrogens with one attached hydrogen (secondary N) is 2. The first-order valence-corrected chi connectivity index (χ1v) is 11.1. The van der Waals surface area contributed by atoms with Crippen LogP contribution in [0.1, 0.15) is 36.7 Å². The number of rotatable bonds is 7. The third-order valence-corrected chi connectivity index (χ3v) is 5.21. The Morgan fingerprint density at radius 2 is 1.70 bits per heavy atom. The zero-order valence-electron chi connectivity index (χ0n) is 19.2. The van der Waals surface area contributed by atoms with Crippen LogP contribution in [-0.4, -0.2) is 36.8 Å². The Kier molecular flexibility index (Phi) is 7.55. The topological polar surface area (TPSA) is 98.8 Å². The van der Waals surface area contributed by atoms with Gasteiger partial charge in [0.15, 0.2) is 16.6 Å². The highest BCUT2D eigenvalue weighted by Gasteiger charge is 2.16. The number of hydrogen-bond acceptors (Lipinski definition) is 7. The molecule has 8 nitrogen and oxygen atoms in total. The minimum atomic E-state index is -0.554. The predicted molar refractivity (Wildman–Crippen MR) is 128 cm³/mol. The van der Waals surface area contributed by atoms with Crippen LogP contribution >= 0.6 is 11.3 Å². The van der Waals surface area contributed by atoms with E-state index in [0.29, 0.717) is 28.7 Å².